The number of thiazole rings is 2. The summed E-state index contributed by atoms with van der Waals surface area (Å²) in [6.07, 6.45) is 3.69. The summed E-state index contributed by atoms with van der Waals surface area (Å²) >= 11 is 5.16. The van der Waals surface area contributed by atoms with Gasteiger partial charge in [-0.2, -0.15) is 0 Å². The Hall–Kier alpha value is -3.78. The second kappa shape index (κ2) is 12.7. The third-order valence-corrected chi connectivity index (χ3v) is 10.8. The number of carbonyl (C=O) groups excluding carboxylic acids is 2. The van der Waals surface area contributed by atoms with Gasteiger partial charge in [0.15, 0.2) is 34.1 Å². The summed E-state index contributed by atoms with van der Waals surface area (Å²) in [5.41, 5.74) is 4.74. The predicted octanol–water partition coefficient (Wildman–Crippen LogP) is 0.730. The summed E-state index contributed by atoms with van der Waals surface area (Å²) in [4.78, 5) is 65.1. The average molecular weight is 681 g/mol. The molecule has 44 heavy (non-hydrogen) atoms. The van der Waals surface area contributed by atoms with E-state index in [1.165, 1.54) is 54.1 Å². The number of aliphatic hydroxyl groups is 1. The van der Waals surface area contributed by atoms with Crippen LogP contribution in [0.4, 0.5) is 5.13 Å². The number of hydrogen-bond acceptors (Lipinski definition) is 14. The predicted molar refractivity (Wildman–Crippen MR) is 163 cm³/mol. The van der Waals surface area contributed by atoms with E-state index >= 15 is 0 Å². The number of rotatable bonds is 12. The van der Waals surface area contributed by atoms with E-state index < -0.39 is 40.8 Å². The largest absolute Gasteiger partial charge is 0.478 e. The van der Waals surface area contributed by atoms with E-state index in [0.717, 1.165) is 30.8 Å². The van der Waals surface area contributed by atoms with Crippen molar-refractivity contribution in [2.75, 3.05) is 23.8 Å². The van der Waals surface area contributed by atoms with Crippen molar-refractivity contribution in [2.45, 2.75) is 41.7 Å². The Kier molecular flexibility index (Phi) is 9.12. The second-order valence-corrected chi connectivity index (χ2v) is 14.2. The monoisotopic (exact) mass is 680 g/mol. The van der Waals surface area contributed by atoms with Crippen molar-refractivity contribution in [3.8, 4) is 0 Å². The van der Waals surface area contributed by atoms with Crippen LogP contribution in [0.25, 0.3) is 10.2 Å². The molecule has 6 N–H and O–H groups in total. The minimum absolute atomic E-state index is 0.00167. The van der Waals surface area contributed by atoms with Crippen molar-refractivity contribution < 1.29 is 43.9 Å². The van der Waals surface area contributed by atoms with E-state index in [1.54, 1.807) is 0 Å². The smallest absolute Gasteiger partial charge is 0.352 e. The third-order valence-electron chi connectivity index (χ3n) is 6.49. The standard InChI is InChI=1S/C25H25N7O8S4/c1-25(2,22(38)39)40-30-15(13-10-42-23(26)27-13)18(34)29-16-19(35)32-17(21(36)37)11(8-41-20(16)32)9-43-24-28-12-7-31(5-6-33)4-3-14(12)44-24/h3-4,7,10,16,20,33H,5-6,8-9H2,1-2H3,(H4-,26,27,29,34,36,37,38,39)/p+1/b30-15-/t16?,20-/m0/s1. The lowest BCUT2D eigenvalue weighted by Gasteiger charge is -2.49. The maximum Gasteiger partial charge on any atom is 0.352 e. The van der Waals surface area contributed by atoms with E-state index in [9.17, 15) is 34.5 Å². The quantitative estimate of drug-likeness (QED) is 0.0586. The molecule has 19 heteroatoms. The number of nitrogens with one attached hydrogen (secondary N) is 1. The molecule has 232 valence electrons. The maximum absolute atomic E-state index is 13.3. The van der Waals surface area contributed by atoms with Gasteiger partial charge in [-0.15, -0.1) is 34.4 Å². The van der Waals surface area contributed by atoms with E-state index in [1.807, 2.05) is 23.0 Å². The van der Waals surface area contributed by atoms with Crippen LogP contribution in [0.1, 0.15) is 19.5 Å². The Labute approximate surface area is 265 Å². The van der Waals surface area contributed by atoms with Crippen LogP contribution in [0.5, 0.6) is 0 Å². The van der Waals surface area contributed by atoms with Crippen LogP contribution < -0.4 is 15.6 Å². The molecule has 2 aliphatic heterocycles. The Morgan fingerprint density at radius 1 is 1.32 bits per heavy atom. The molecule has 2 aliphatic rings. The lowest BCUT2D eigenvalue weighted by Crippen LogP contribution is -2.71. The SMILES string of the molecule is CC(C)(O/N=C(\C(=O)NC1C(=O)N2C(C(=O)O)=C(CSc3nc4c[n+](CCO)ccc4s3)CS[C@@H]12)c1csc(N)n1)C(=O)O. The number of carboxylic acids is 2. The molecule has 0 aliphatic carbocycles. The Bertz CT molecular complexity index is 1720. The number of hydrogen-bond donors (Lipinski definition) is 5. The van der Waals surface area contributed by atoms with Crippen molar-refractivity contribution in [3.05, 3.63) is 40.8 Å². The highest BCUT2D eigenvalue weighted by Gasteiger charge is 2.54. The van der Waals surface area contributed by atoms with Gasteiger partial charge in [0.2, 0.25) is 5.60 Å². The first-order valence-corrected chi connectivity index (χ1v) is 16.6. The molecule has 3 aromatic heterocycles. The van der Waals surface area contributed by atoms with Crippen LogP contribution in [-0.2, 0) is 30.6 Å². The minimum atomic E-state index is -1.77. The summed E-state index contributed by atoms with van der Waals surface area (Å²) in [6.45, 7) is 2.94. The molecule has 15 nitrogen and oxygen atoms in total. The van der Waals surface area contributed by atoms with Crippen LogP contribution in [0.15, 0.2) is 44.6 Å². The van der Waals surface area contributed by atoms with Gasteiger partial charge in [-0.25, -0.2) is 24.1 Å². The first kappa shape index (κ1) is 31.6. The number of carbonyl (C=O) groups is 4. The number of anilines is 1. The number of nitrogen functional groups attached to an aromatic ring is 1. The number of oxime groups is 1. The third kappa shape index (κ3) is 6.36. The number of thioether (sulfide) groups is 2. The Morgan fingerprint density at radius 2 is 2.09 bits per heavy atom. The molecule has 1 saturated heterocycles. The summed E-state index contributed by atoms with van der Waals surface area (Å²) in [5.74, 6) is -3.48. The van der Waals surface area contributed by atoms with Crippen molar-refractivity contribution >= 4 is 91.0 Å². The molecular weight excluding hydrogens is 655 g/mol. The van der Waals surface area contributed by atoms with Gasteiger partial charge in [0.1, 0.15) is 34.9 Å². The molecule has 3 aromatic rings. The lowest BCUT2D eigenvalue weighted by molar-refractivity contribution is -0.696. The summed E-state index contributed by atoms with van der Waals surface area (Å²) < 4.78 is 3.51. The van der Waals surface area contributed by atoms with Crippen LogP contribution in [0.2, 0.25) is 0 Å². The highest BCUT2D eigenvalue weighted by molar-refractivity contribution is 8.02. The van der Waals surface area contributed by atoms with Crippen LogP contribution in [0.3, 0.4) is 0 Å². The topological polar surface area (TPSA) is 222 Å². The van der Waals surface area contributed by atoms with Gasteiger partial charge in [-0.1, -0.05) is 16.9 Å². The highest BCUT2D eigenvalue weighted by Crippen LogP contribution is 2.42. The van der Waals surface area contributed by atoms with Gasteiger partial charge >= 0.3 is 11.9 Å². The van der Waals surface area contributed by atoms with Gasteiger partial charge in [-0.3, -0.25) is 14.5 Å². The molecule has 0 aromatic carbocycles. The molecule has 2 amide bonds. The Balaban J connectivity index is 1.31. The van der Waals surface area contributed by atoms with Crippen LogP contribution in [-0.4, -0.2) is 94.8 Å². The number of aromatic nitrogens is 3. The molecule has 0 bridgehead atoms. The van der Waals surface area contributed by atoms with Crippen LogP contribution >= 0.6 is 46.2 Å². The number of pyridine rings is 1. The van der Waals surface area contributed by atoms with Gasteiger partial charge in [0, 0.05) is 23.0 Å². The van der Waals surface area contributed by atoms with Crippen LogP contribution in [0, 0.1) is 0 Å². The fourth-order valence-electron chi connectivity index (χ4n) is 4.17. The molecule has 5 rings (SSSR count). The lowest BCUT2D eigenvalue weighted by atomic mass is 10.0. The molecule has 0 saturated carbocycles. The first-order valence-electron chi connectivity index (χ1n) is 12.8. The van der Waals surface area contributed by atoms with E-state index in [-0.39, 0.29) is 34.6 Å². The highest BCUT2D eigenvalue weighted by atomic mass is 32.2. The molecule has 5 heterocycles. The van der Waals surface area contributed by atoms with Crippen molar-refractivity contribution in [2.24, 2.45) is 5.16 Å². The van der Waals surface area contributed by atoms with Crippen molar-refractivity contribution in [1.29, 1.82) is 0 Å². The number of fused-ring (bicyclic) bond motifs is 2. The van der Waals surface area contributed by atoms with Crippen molar-refractivity contribution in [1.82, 2.24) is 20.2 Å². The Morgan fingerprint density at radius 3 is 2.75 bits per heavy atom. The molecule has 1 unspecified atom stereocenters. The fourth-order valence-corrected chi connectivity index (χ4v) is 8.23. The number of amides is 2. The minimum Gasteiger partial charge on any atom is -0.478 e. The van der Waals surface area contributed by atoms with E-state index in [0.29, 0.717) is 17.9 Å². The van der Waals surface area contributed by atoms with Gasteiger partial charge in [-0.05, 0) is 19.4 Å². The number of carboxylic acid groups (broad SMARTS) is 2. The molecule has 2 atom stereocenters. The van der Waals surface area contributed by atoms with Crippen molar-refractivity contribution in [3.63, 3.8) is 0 Å². The van der Waals surface area contributed by atoms with Gasteiger partial charge in [0.05, 0.1) is 4.70 Å². The number of nitrogens with zero attached hydrogens (tertiary/aromatic N) is 5. The average Bonchev–Trinajstić information content (AvgIpc) is 3.59. The summed E-state index contributed by atoms with van der Waals surface area (Å²) in [7, 11) is 0. The zero-order valence-electron chi connectivity index (χ0n) is 23.1. The summed E-state index contributed by atoms with van der Waals surface area (Å²) in [6, 6.07) is 0.834. The second-order valence-electron chi connectivity index (χ2n) is 9.96. The zero-order valence-corrected chi connectivity index (χ0v) is 26.4. The van der Waals surface area contributed by atoms with Gasteiger partial charge < -0.3 is 31.2 Å². The molecule has 0 spiro atoms. The fraction of sp³-hybridized carbons (Fsp3) is 0.360. The molecular formula is C25H26N7O8S4+. The summed E-state index contributed by atoms with van der Waals surface area (Å²) in [5, 5.41) is 35.7. The number of aliphatic carboxylic acids is 2. The normalized spacial score (nSPS) is 18.7. The number of β-lactam (4-membered cyclic amide) rings is 1. The zero-order chi connectivity index (χ0) is 31.8. The maximum atomic E-state index is 13.3. The van der Waals surface area contributed by atoms with Gasteiger partial charge in [0.25, 0.3) is 11.8 Å². The first-order chi connectivity index (χ1) is 20.9. The van der Waals surface area contributed by atoms with E-state index in [4.69, 9.17) is 10.6 Å². The van der Waals surface area contributed by atoms with E-state index in [2.05, 4.69) is 20.4 Å². The number of aliphatic hydroxyl groups excluding tert-OH is 1. The number of nitrogens with two attached hydrogens (primary N) is 1. The molecule has 1 fully saturated rings. The molecule has 0 radical (unpaired) electrons.